The number of benzene rings is 2. The Hall–Kier alpha value is -3.59. The van der Waals surface area contributed by atoms with Crippen molar-refractivity contribution < 1.29 is 17.6 Å². The van der Waals surface area contributed by atoms with Crippen LogP contribution in [0.15, 0.2) is 71.8 Å². The van der Waals surface area contributed by atoms with Crippen molar-refractivity contribution in [3.8, 4) is 0 Å². The van der Waals surface area contributed by atoms with E-state index in [2.05, 4.69) is 20.0 Å². The molecule has 0 saturated carbocycles. The third-order valence-electron chi connectivity index (χ3n) is 3.75. The zero-order valence-corrected chi connectivity index (χ0v) is 16.2. The second-order valence-electron chi connectivity index (χ2n) is 6.03. The van der Waals surface area contributed by atoms with Gasteiger partial charge in [0.25, 0.3) is 10.0 Å². The van der Waals surface area contributed by atoms with E-state index < -0.39 is 15.9 Å². The van der Waals surface area contributed by atoms with Crippen molar-refractivity contribution in [3.63, 3.8) is 0 Å². The number of carbonyl (C=O) groups excluding carboxylic acids is 1. The maximum Gasteiger partial charge on any atom is 0.264 e. The molecule has 148 valence electrons. The van der Waals surface area contributed by atoms with Gasteiger partial charge in [-0.15, -0.1) is 0 Å². The minimum Gasteiger partial charge on any atom is -0.323 e. The smallest absolute Gasteiger partial charge is 0.264 e. The predicted molar refractivity (Wildman–Crippen MR) is 108 cm³/mol. The number of rotatable bonds is 6. The molecule has 0 radical (unpaired) electrons. The van der Waals surface area contributed by atoms with Crippen LogP contribution in [-0.4, -0.2) is 24.3 Å². The maximum absolute atomic E-state index is 12.9. The number of halogens is 1. The molecule has 0 fully saturated rings. The molecule has 1 amide bonds. The van der Waals surface area contributed by atoms with Gasteiger partial charge in [-0.3, -0.25) is 4.79 Å². The standard InChI is InChI=1S/C20H17FN4O3S/c1-14-12-13-22-20(23-14)25-29(27,28)18-9-7-17(8-10-18)24-19(26)11-4-15-2-5-16(21)6-3-15/h2-13H,1H3,(H,24,26)(H,22,23,25)/b11-4+. The van der Waals surface area contributed by atoms with Crippen LogP contribution >= 0.6 is 0 Å². The van der Waals surface area contributed by atoms with E-state index in [0.717, 1.165) is 0 Å². The van der Waals surface area contributed by atoms with Gasteiger partial charge < -0.3 is 5.32 Å². The van der Waals surface area contributed by atoms with Crippen LogP contribution in [0.4, 0.5) is 16.0 Å². The zero-order chi connectivity index (χ0) is 20.9. The van der Waals surface area contributed by atoms with E-state index in [1.165, 1.54) is 48.7 Å². The Morgan fingerprint density at radius 1 is 1.03 bits per heavy atom. The van der Waals surface area contributed by atoms with Crippen LogP contribution in [0.25, 0.3) is 6.08 Å². The number of aryl methyl sites for hydroxylation is 1. The number of amides is 1. The van der Waals surface area contributed by atoms with Crippen LogP contribution in [0.1, 0.15) is 11.3 Å². The van der Waals surface area contributed by atoms with E-state index in [9.17, 15) is 17.6 Å². The van der Waals surface area contributed by atoms with Crippen LogP contribution in [0, 0.1) is 12.7 Å². The van der Waals surface area contributed by atoms with Gasteiger partial charge in [-0.05, 0) is 61.0 Å². The first-order valence-electron chi connectivity index (χ1n) is 8.49. The minimum atomic E-state index is -3.86. The molecular formula is C20H17FN4O3S. The number of carbonyl (C=O) groups is 1. The fourth-order valence-corrected chi connectivity index (χ4v) is 3.28. The second kappa shape index (κ2) is 8.61. The van der Waals surface area contributed by atoms with Gasteiger partial charge in [-0.25, -0.2) is 27.5 Å². The van der Waals surface area contributed by atoms with Crippen LogP contribution in [0.5, 0.6) is 0 Å². The molecule has 0 aliphatic heterocycles. The molecule has 9 heteroatoms. The van der Waals surface area contributed by atoms with Crippen LogP contribution in [-0.2, 0) is 14.8 Å². The normalized spacial score (nSPS) is 11.4. The number of hydrogen-bond donors (Lipinski definition) is 2. The summed E-state index contributed by atoms with van der Waals surface area (Å²) in [4.78, 5) is 19.9. The third kappa shape index (κ3) is 5.69. The summed E-state index contributed by atoms with van der Waals surface area (Å²) in [7, 11) is -3.86. The Balaban J connectivity index is 1.64. The van der Waals surface area contributed by atoms with Crippen molar-refractivity contribution in [2.45, 2.75) is 11.8 Å². The summed E-state index contributed by atoms with van der Waals surface area (Å²) < 4.78 is 40.0. The second-order valence-corrected chi connectivity index (χ2v) is 7.71. The number of nitrogens with zero attached hydrogens (tertiary/aromatic N) is 2. The molecule has 0 bridgehead atoms. The number of anilines is 2. The van der Waals surface area contributed by atoms with E-state index in [1.807, 2.05) is 0 Å². The molecule has 3 rings (SSSR count). The molecule has 1 heterocycles. The van der Waals surface area contributed by atoms with Crippen LogP contribution in [0.2, 0.25) is 0 Å². The highest BCUT2D eigenvalue weighted by Gasteiger charge is 2.15. The third-order valence-corrected chi connectivity index (χ3v) is 5.09. The monoisotopic (exact) mass is 412 g/mol. The first-order chi connectivity index (χ1) is 13.8. The number of hydrogen-bond acceptors (Lipinski definition) is 5. The van der Waals surface area contributed by atoms with Crippen molar-refractivity contribution in [2.24, 2.45) is 0 Å². The largest absolute Gasteiger partial charge is 0.323 e. The average molecular weight is 412 g/mol. The molecule has 0 aliphatic carbocycles. The van der Waals surface area contributed by atoms with Crippen molar-refractivity contribution in [2.75, 3.05) is 10.0 Å². The molecule has 0 spiro atoms. The average Bonchev–Trinajstić information content (AvgIpc) is 2.68. The molecule has 29 heavy (non-hydrogen) atoms. The van der Waals surface area contributed by atoms with Gasteiger partial charge in [-0.2, -0.15) is 0 Å². The van der Waals surface area contributed by atoms with E-state index in [1.54, 1.807) is 31.2 Å². The first-order valence-corrected chi connectivity index (χ1v) is 9.97. The van der Waals surface area contributed by atoms with Gasteiger partial charge in [0.15, 0.2) is 0 Å². The quantitative estimate of drug-likeness (QED) is 0.605. The number of nitrogens with one attached hydrogen (secondary N) is 2. The zero-order valence-electron chi connectivity index (χ0n) is 15.3. The predicted octanol–water partition coefficient (Wildman–Crippen LogP) is 3.38. The summed E-state index contributed by atoms with van der Waals surface area (Å²) in [5.74, 6) is -0.783. The molecule has 1 aromatic heterocycles. The minimum absolute atomic E-state index is 0.00228. The Labute approximate surface area is 167 Å². The van der Waals surface area contributed by atoms with Gasteiger partial charge in [-0.1, -0.05) is 12.1 Å². The molecule has 2 N–H and O–H groups in total. The summed E-state index contributed by atoms with van der Waals surface area (Å²) in [6, 6.07) is 13.0. The lowest BCUT2D eigenvalue weighted by atomic mass is 10.2. The van der Waals surface area contributed by atoms with E-state index in [4.69, 9.17) is 0 Å². The van der Waals surface area contributed by atoms with Crippen molar-refractivity contribution in [1.82, 2.24) is 9.97 Å². The summed E-state index contributed by atoms with van der Waals surface area (Å²) in [6.45, 7) is 1.72. The van der Waals surface area contributed by atoms with Crippen molar-refractivity contribution in [3.05, 3.63) is 83.9 Å². The molecule has 7 nitrogen and oxygen atoms in total. The highest BCUT2D eigenvalue weighted by Crippen LogP contribution is 2.17. The summed E-state index contributed by atoms with van der Waals surface area (Å²) in [5, 5.41) is 2.62. The highest BCUT2D eigenvalue weighted by atomic mass is 32.2. The summed E-state index contributed by atoms with van der Waals surface area (Å²) in [6.07, 6.45) is 4.30. The Morgan fingerprint density at radius 3 is 2.38 bits per heavy atom. The van der Waals surface area contributed by atoms with E-state index in [0.29, 0.717) is 16.9 Å². The lowest BCUT2D eigenvalue weighted by molar-refractivity contribution is -0.111. The Kier molecular flexibility index (Phi) is 5.99. The van der Waals surface area contributed by atoms with E-state index in [-0.39, 0.29) is 16.7 Å². The highest BCUT2D eigenvalue weighted by molar-refractivity contribution is 7.92. The van der Waals surface area contributed by atoms with Gasteiger partial charge in [0.2, 0.25) is 11.9 Å². The van der Waals surface area contributed by atoms with Crippen LogP contribution < -0.4 is 10.0 Å². The molecular weight excluding hydrogens is 395 g/mol. The first kappa shape index (κ1) is 20.2. The topological polar surface area (TPSA) is 101 Å². The lowest BCUT2D eigenvalue weighted by Gasteiger charge is -2.08. The molecule has 3 aromatic rings. The summed E-state index contributed by atoms with van der Waals surface area (Å²) in [5.41, 5.74) is 1.72. The lowest BCUT2D eigenvalue weighted by Crippen LogP contribution is -2.15. The van der Waals surface area contributed by atoms with Gasteiger partial charge in [0, 0.05) is 23.7 Å². The number of sulfonamides is 1. The van der Waals surface area contributed by atoms with Gasteiger partial charge in [0.05, 0.1) is 4.90 Å². The van der Waals surface area contributed by atoms with E-state index >= 15 is 0 Å². The SMILES string of the molecule is Cc1ccnc(NS(=O)(=O)c2ccc(NC(=O)/C=C/c3ccc(F)cc3)cc2)n1. The molecule has 2 aromatic carbocycles. The Bertz CT molecular complexity index is 1150. The maximum atomic E-state index is 12.9. The molecule has 0 atom stereocenters. The fraction of sp³-hybridized carbons (Fsp3) is 0.0500. The van der Waals surface area contributed by atoms with Crippen molar-refractivity contribution >= 4 is 33.6 Å². The van der Waals surface area contributed by atoms with Gasteiger partial charge in [0.1, 0.15) is 5.82 Å². The van der Waals surface area contributed by atoms with Crippen LogP contribution in [0.3, 0.4) is 0 Å². The van der Waals surface area contributed by atoms with Crippen molar-refractivity contribution in [1.29, 1.82) is 0 Å². The van der Waals surface area contributed by atoms with Gasteiger partial charge >= 0.3 is 0 Å². The molecule has 0 unspecified atom stereocenters. The fourth-order valence-electron chi connectivity index (χ4n) is 2.32. The summed E-state index contributed by atoms with van der Waals surface area (Å²) >= 11 is 0. The number of aromatic nitrogens is 2. The molecule has 0 aliphatic rings. The molecule has 0 saturated heterocycles. The Morgan fingerprint density at radius 2 is 1.72 bits per heavy atom.